The van der Waals surface area contributed by atoms with Crippen molar-refractivity contribution < 1.29 is 32.3 Å². The van der Waals surface area contributed by atoms with E-state index in [0.717, 1.165) is 23.8 Å². The summed E-state index contributed by atoms with van der Waals surface area (Å²) in [5.41, 5.74) is -0.149. The van der Waals surface area contributed by atoms with Gasteiger partial charge in [-0.05, 0) is 49.3 Å². The van der Waals surface area contributed by atoms with Crippen LogP contribution < -0.4 is 0 Å². The fraction of sp³-hybridized carbons (Fsp3) is 0.524. The second-order valence-electron chi connectivity index (χ2n) is 8.54. The van der Waals surface area contributed by atoms with E-state index in [0.29, 0.717) is 18.4 Å². The first kappa shape index (κ1) is 20.8. The first-order chi connectivity index (χ1) is 15.1. The molecule has 0 radical (unpaired) electrons. The number of carbonyl (C=O) groups is 3. The summed E-state index contributed by atoms with van der Waals surface area (Å²) in [4.78, 5) is 43.4. The van der Waals surface area contributed by atoms with Gasteiger partial charge >= 0.3 is 12.3 Å². The number of aromatic nitrogens is 2. The highest BCUT2D eigenvalue weighted by Crippen LogP contribution is 2.44. The van der Waals surface area contributed by atoms with Crippen LogP contribution in [0.3, 0.4) is 0 Å². The minimum Gasteiger partial charge on any atom is -0.439 e. The highest BCUT2D eigenvalue weighted by molar-refractivity contribution is 5.98. The standard InChI is InChI=1S/C21H21F3N4O4/c1-26-15-9-12(11-2-3-11)8-14(21(22,23)24)17(15)25-18(26)19(30)27-6-4-13(5-7-27)28-16(29)10-32-20(28)31/h8-9,11,13H,2-7,10H2,1H3. The monoisotopic (exact) mass is 450 g/mol. The lowest BCUT2D eigenvalue weighted by Crippen LogP contribution is -2.48. The van der Waals surface area contributed by atoms with Crippen LogP contribution in [0, 0.1) is 0 Å². The molecule has 3 fully saturated rings. The maximum absolute atomic E-state index is 13.7. The van der Waals surface area contributed by atoms with Crippen molar-refractivity contribution >= 4 is 28.9 Å². The normalized spacial score (nSPS) is 20.4. The zero-order valence-corrected chi connectivity index (χ0v) is 17.3. The van der Waals surface area contributed by atoms with Crippen LogP contribution in [0.25, 0.3) is 11.0 Å². The van der Waals surface area contributed by atoms with Crippen LogP contribution in [-0.2, 0) is 22.8 Å². The van der Waals surface area contributed by atoms with E-state index in [4.69, 9.17) is 4.74 Å². The average Bonchev–Trinajstić information content (AvgIpc) is 3.48. The molecule has 5 rings (SSSR count). The van der Waals surface area contributed by atoms with Gasteiger partial charge in [0.15, 0.2) is 12.4 Å². The van der Waals surface area contributed by atoms with E-state index in [1.807, 2.05) is 0 Å². The number of fused-ring (bicyclic) bond motifs is 1. The van der Waals surface area contributed by atoms with Crippen molar-refractivity contribution in [3.05, 3.63) is 29.1 Å². The molecule has 1 aromatic carbocycles. The molecular formula is C21H21F3N4O4. The Kier molecular flexibility index (Phi) is 4.68. The number of hydrogen-bond donors (Lipinski definition) is 0. The molecule has 0 N–H and O–H groups in total. The van der Waals surface area contributed by atoms with Crippen molar-refractivity contribution in [2.45, 2.75) is 43.8 Å². The molecule has 0 bridgehead atoms. The highest BCUT2D eigenvalue weighted by atomic mass is 19.4. The van der Waals surface area contributed by atoms with Gasteiger partial charge in [0, 0.05) is 26.2 Å². The summed E-state index contributed by atoms with van der Waals surface area (Å²) in [6.07, 6.45) is -2.80. The van der Waals surface area contributed by atoms with E-state index in [1.54, 1.807) is 13.1 Å². The van der Waals surface area contributed by atoms with Crippen LogP contribution >= 0.6 is 0 Å². The van der Waals surface area contributed by atoms with Gasteiger partial charge in [-0.2, -0.15) is 13.2 Å². The topological polar surface area (TPSA) is 84.7 Å². The summed E-state index contributed by atoms with van der Waals surface area (Å²) >= 11 is 0. The van der Waals surface area contributed by atoms with Crippen molar-refractivity contribution in [1.82, 2.24) is 19.4 Å². The third kappa shape index (κ3) is 3.39. The molecule has 3 heterocycles. The maximum atomic E-state index is 13.7. The van der Waals surface area contributed by atoms with E-state index in [9.17, 15) is 27.6 Å². The summed E-state index contributed by atoms with van der Waals surface area (Å²) in [6, 6.07) is 2.49. The second-order valence-corrected chi connectivity index (χ2v) is 8.54. The number of alkyl halides is 3. The summed E-state index contributed by atoms with van der Waals surface area (Å²) in [7, 11) is 1.55. The van der Waals surface area contributed by atoms with Gasteiger partial charge in [-0.3, -0.25) is 9.59 Å². The maximum Gasteiger partial charge on any atom is 0.418 e. The molecule has 11 heteroatoms. The van der Waals surface area contributed by atoms with Gasteiger partial charge in [-0.25, -0.2) is 14.7 Å². The fourth-order valence-corrected chi connectivity index (χ4v) is 4.55. The molecule has 2 aliphatic heterocycles. The Morgan fingerprint density at radius 1 is 1.12 bits per heavy atom. The van der Waals surface area contributed by atoms with Crippen LogP contribution in [0.1, 0.15) is 53.3 Å². The van der Waals surface area contributed by atoms with Gasteiger partial charge in [0.2, 0.25) is 0 Å². The Labute approximate surface area is 180 Å². The smallest absolute Gasteiger partial charge is 0.418 e. The molecule has 1 aliphatic carbocycles. The Morgan fingerprint density at radius 3 is 2.38 bits per heavy atom. The van der Waals surface area contributed by atoms with Gasteiger partial charge in [0.05, 0.1) is 11.1 Å². The van der Waals surface area contributed by atoms with Crippen LogP contribution in [0.4, 0.5) is 18.0 Å². The SMILES string of the molecule is Cn1c(C(=O)N2CCC(N3C(=O)COC3=O)CC2)nc2c(C(F)(F)F)cc(C3CC3)cc21. The van der Waals surface area contributed by atoms with Gasteiger partial charge in [0.25, 0.3) is 11.8 Å². The largest absolute Gasteiger partial charge is 0.439 e. The van der Waals surface area contributed by atoms with Crippen LogP contribution in [0.2, 0.25) is 0 Å². The quantitative estimate of drug-likeness (QED) is 0.718. The Hall–Kier alpha value is -3.11. The average molecular weight is 450 g/mol. The van der Waals surface area contributed by atoms with E-state index in [-0.39, 0.29) is 48.5 Å². The van der Waals surface area contributed by atoms with Crippen molar-refractivity contribution in [3.8, 4) is 0 Å². The number of imidazole rings is 1. The molecule has 1 saturated carbocycles. The Bertz CT molecular complexity index is 1110. The van der Waals surface area contributed by atoms with Gasteiger partial charge < -0.3 is 14.2 Å². The molecule has 170 valence electrons. The van der Waals surface area contributed by atoms with E-state index in [1.165, 1.54) is 9.47 Å². The lowest BCUT2D eigenvalue weighted by atomic mass is 10.0. The van der Waals surface area contributed by atoms with Crippen molar-refractivity contribution in [3.63, 3.8) is 0 Å². The summed E-state index contributed by atoms with van der Waals surface area (Å²) in [5, 5.41) is 0. The molecule has 1 aromatic heterocycles. The van der Waals surface area contributed by atoms with Crippen LogP contribution in [0.5, 0.6) is 0 Å². The van der Waals surface area contributed by atoms with Crippen molar-refractivity contribution in [2.24, 2.45) is 7.05 Å². The third-order valence-corrected chi connectivity index (χ3v) is 6.46. The molecule has 2 saturated heterocycles. The van der Waals surface area contributed by atoms with Crippen molar-refractivity contribution in [1.29, 1.82) is 0 Å². The number of benzene rings is 1. The third-order valence-electron chi connectivity index (χ3n) is 6.46. The fourth-order valence-electron chi connectivity index (χ4n) is 4.55. The number of carbonyl (C=O) groups excluding carboxylic acids is 3. The number of imide groups is 1. The molecule has 3 amide bonds. The number of amides is 3. The number of nitrogens with zero attached hydrogens (tertiary/aromatic N) is 4. The second kappa shape index (κ2) is 7.21. The zero-order chi connectivity index (χ0) is 22.8. The Morgan fingerprint density at radius 2 is 1.81 bits per heavy atom. The lowest BCUT2D eigenvalue weighted by Gasteiger charge is -2.34. The summed E-state index contributed by atoms with van der Waals surface area (Å²) in [5.74, 6) is -0.818. The molecular weight excluding hydrogens is 429 g/mol. The van der Waals surface area contributed by atoms with E-state index >= 15 is 0 Å². The van der Waals surface area contributed by atoms with E-state index in [2.05, 4.69) is 4.98 Å². The predicted molar refractivity (Wildman–Crippen MR) is 105 cm³/mol. The molecule has 0 atom stereocenters. The molecule has 0 unspecified atom stereocenters. The van der Waals surface area contributed by atoms with Gasteiger partial charge in [-0.15, -0.1) is 0 Å². The number of rotatable bonds is 3. The number of aryl methyl sites for hydroxylation is 1. The number of ether oxygens (including phenoxy) is 1. The molecule has 32 heavy (non-hydrogen) atoms. The first-order valence-corrected chi connectivity index (χ1v) is 10.5. The van der Waals surface area contributed by atoms with Crippen LogP contribution in [-0.4, -0.2) is 63.0 Å². The number of cyclic esters (lactones) is 1. The number of halogens is 3. The van der Waals surface area contributed by atoms with Crippen molar-refractivity contribution in [2.75, 3.05) is 19.7 Å². The Balaban J connectivity index is 1.41. The van der Waals surface area contributed by atoms with Gasteiger partial charge in [-0.1, -0.05) is 0 Å². The highest BCUT2D eigenvalue weighted by Gasteiger charge is 2.40. The minimum atomic E-state index is -4.58. The van der Waals surface area contributed by atoms with Gasteiger partial charge in [0.1, 0.15) is 5.52 Å². The predicted octanol–water partition coefficient (Wildman–Crippen LogP) is 3.05. The van der Waals surface area contributed by atoms with E-state index < -0.39 is 29.6 Å². The zero-order valence-electron chi connectivity index (χ0n) is 17.3. The minimum absolute atomic E-state index is 0.0615. The number of likely N-dealkylation sites (tertiary alicyclic amines) is 1. The first-order valence-electron chi connectivity index (χ1n) is 10.5. The number of hydrogen-bond acceptors (Lipinski definition) is 5. The lowest BCUT2D eigenvalue weighted by molar-refractivity contribution is -0.136. The molecule has 0 spiro atoms. The molecule has 3 aliphatic rings. The molecule has 8 nitrogen and oxygen atoms in total. The number of piperidine rings is 1. The van der Waals surface area contributed by atoms with Crippen LogP contribution in [0.15, 0.2) is 12.1 Å². The molecule has 2 aromatic rings. The summed E-state index contributed by atoms with van der Waals surface area (Å²) < 4.78 is 47.3. The summed E-state index contributed by atoms with van der Waals surface area (Å²) in [6.45, 7) is 0.231.